The van der Waals surface area contributed by atoms with E-state index in [1.54, 1.807) is 6.20 Å². The lowest BCUT2D eigenvalue weighted by Gasteiger charge is -1.78. The first-order valence-corrected chi connectivity index (χ1v) is 3.91. The van der Waals surface area contributed by atoms with Gasteiger partial charge in [-0.2, -0.15) is 15.4 Å². The fourth-order valence-electron chi connectivity index (χ4n) is 0.613. The summed E-state index contributed by atoms with van der Waals surface area (Å²) in [5.74, 6) is 0. The largest absolute Gasteiger partial charge is 0.207 e. The quantitative estimate of drug-likeness (QED) is 0.723. The van der Waals surface area contributed by atoms with Crippen LogP contribution in [0.15, 0.2) is 6.20 Å². The molecule has 11 heavy (non-hydrogen) atoms. The van der Waals surface area contributed by atoms with Crippen LogP contribution >= 0.6 is 22.9 Å². The SMILES string of the molecule is Clc1nnc(-c2cn[nH]n2)s1. The number of rotatable bonds is 1. The summed E-state index contributed by atoms with van der Waals surface area (Å²) < 4.78 is 0.406. The highest BCUT2D eigenvalue weighted by Gasteiger charge is 2.06. The third-order valence-corrected chi connectivity index (χ3v) is 2.08. The van der Waals surface area contributed by atoms with Crippen molar-refractivity contribution >= 4 is 22.9 Å². The van der Waals surface area contributed by atoms with E-state index >= 15 is 0 Å². The van der Waals surface area contributed by atoms with Crippen LogP contribution in [-0.2, 0) is 0 Å². The highest BCUT2D eigenvalue weighted by molar-refractivity contribution is 7.18. The van der Waals surface area contributed by atoms with Crippen molar-refractivity contribution in [3.05, 3.63) is 10.7 Å². The molecular weight excluding hydrogens is 186 g/mol. The van der Waals surface area contributed by atoms with Crippen molar-refractivity contribution in [1.29, 1.82) is 0 Å². The van der Waals surface area contributed by atoms with Crippen molar-refractivity contribution in [2.75, 3.05) is 0 Å². The summed E-state index contributed by atoms with van der Waals surface area (Å²) >= 11 is 6.83. The molecule has 0 aromatic carbocycles. The summed E-state index contributed by atoms with van der Waals surface area (Å²) in [5, 5.41) is 18.0. The Labute approximate surface area is 70.4 Å². The summed E-state index contributed by atoms with van der Waals surface area (Å²) in [7, 11) is 0. The summed E-state index contributed by atoms with van der Waals surface area (Å²) in [6, 6.07) is 0. The molecule has 1 N–H and O–H groups in total. The average Bonchev–Trinajstić information content (AvgIpc) is 2.55. The van der Waals surface area contributed by atoms with Crippen LogP contribution in [0.1, 0.15) is 0 Å². The Morgan fingerprint density at radius 1 is 1.45 bits per heavy atom. The second-order valence-electron chi connectivity index (χ2n) is 1.72. The molecule has 0 bridgehead atoms. The average molecular weight is 188 g/mol. The van der Waals surface area contributed by atoms with Crippen LogP contribution < -0.4 is 0 Å². The van der Waals surface area contributed by atoms with Gasteiger partial charge in [0.2, 0.25) is 4.47 Å². The van der Waals surface area contributed by atoms with E-state index in [-0.39, 0.29) is 0 Å². The van der Waals surface area contributed by atoms with Crippen molar-refractivity contribution in [3.63, 3.8) is 0 Å². The monoisotopic (exact) mass is 187 g/mol. The minimum atomic E-state index is 0.406. The van der Waals surface area contributed by atoms with E-state index in [1.165, 1.54) is 11.3 Å². The second kappa shape index (κ2) is 2.55. The molecule has 0 aliphatic carbocycles. The lowest BCUT2D eigenvalue weighted by molar-refractivity contribution is 0.940. The second-order valence-corrected chi connectivity index (χ2v) is 3.28. The normalized spacial score (nSPS) is 10.3. The lowest BCUT2D eigenvalue weighted by atomic mass is 10.5. The maximum Gasteiger partial charge on any atom is 0.207 e. The van der Waals surface area contributed by atoms with Gasteiger partial charge < -0.3 is 0 Å². The highest BCUT2D eigenvalue weighted by atomic mass is 35.5. The Balaban J connectivity index is 2.45. The zero-order chi connectivity index (χ0) is 7.68. The lowest BCUT2D eigenvalue weighted by Crippen LogP contribution is -1.75. The molecule has 0 fully saturated rings. The maximum atomic E-state index is 5.56. The van der Waals surface area contributed by atoms with E-state index in [0.29, 0.717) is 15.2 Å². The number of halogens is 1. The third-order valence-electron chi connectivity index (χ3n) is 1.03. The molecule has 2 rings (SSSR count). The smallest absolute Gasteiger partial charge is 0.197 e. The fourth-order valence-corrected chi connectivity index (χ4v) is 1.40. The van der Waals surface area contributed by atoms with Crippen molar-refractivity contribution in [1.82, 2.24) is 25.6 Å². The third kappa shape index (κ3) is 1.22. The number of aromatic nitrogens is 5. The Bertz CT molecular complexity index is 341. The highest BCUT2D eigenvalue weighted by Crippen LogP contribution is 2.22. The molecule has 0 saturated heterocycles. The van der Waals surface area contributed by atoms with E-state index in [4.69, 9.17) is 11.6 Å². The molecule has 2 aromatic rings. The van der Waals surface area contributed by atoms with Crippen LogP contribution in [0.5, 0.6) is 0 Å². The van der Waals surface area contributed by atoms with Gasteiger partial charge >= 0.3 is 0 Å². The first kappa shape index (κ1) is 6.68. The van der Waals surface area contributed by atoms with E-state index in [2.05, 4.69) is 25.6 Å². The molecule has 0 atom stereocenters. The maximum absolute atomic E-state index is 5.56. The topological polar surface area (TPSA) is 67.3 Å². The number of hydrogen-bond acceptors (Lipinski definition) is 5. The van der Waals surface area contributed by atoms with E-state index in [9.17, 15) is 0 Å². The van der Waals surface area contributed by atoms with Crippen LogP contribution in [0.25, 0.3) is 10.7 Å². The van der Waals surface area contributed by atoms with Crippen molar-refractivity contribution in [2.45, 2.75) is 0 Å². The van der Waals surface area contributed by atoms with Gasteiger partial charge in [-0.05, 0) is 11.6 Å². The Morgan fingerprint density at radius 2 is 2.36 bits per heavy atom. The number of nitrogens with one attached hydrogen (secondary N) is 1. The first-order valence-electron chi connectivity index (χ1n) is 2.71. The van der Waals surface area contributed by atoms with Gasteiger partial charge in [-0.15, -0.1) is 10.2 Å². The Kier molecular flexibility index (Phi) is 1.55. The minimum absolute atomic E-state index is 0.406. The van der Waals surface area contributed by atoms with Gasteiger partial charge in [-0.25, -0.2) is 0 Å². The van der Waals surface area contributed by atoms with Crippen LogP contribution in [0, 0.1) is 0 Å². The van der Waals surface area contributed by atoms with E-state index < -0.39 is 0 Å². The molecule has 56 valence electrons. The zero-order valence-electron chi connectivity index (χ0n) is 5.15. The molecule has 5 nitrogen and oxygen atoms in total. The van der Waals surface area contributed by atoms with Crippen molar-refractivity contribution in [3.8, 4) is 10.7 Å². The van der Waals surface area contributed by atoms with E-state index in [1.807, 2.05) is 0 Å². The summed E-state index contributed by atoms with van der Waals surface area (Å²) in [4.78, 5) is 0. The van der Waals surface area contributed by atoms with Gasteiger partial charge in [-0.3, -0.25) is 0 Å². The van der Waals surface area contributed by atoms with Gasteiger partial charge in [-0.1, -0.05) is 11.3 Å². The Hall–Kier alpha value is -1.01. The van der Waals surface area contributed by atoms with Gasteiger partial charge in [0.1, 0.15) is 5.69 Å². The van der Waals surface area contributed by atoms with Gasteiger partial charge in [0.05, 0.1) is 6.20 Å². The van der Waals surface area contributed by atoms with Crippen LogP contribution in [-0.4, -0.2) is 25.6 Å². The molecule has 2 aromatic heterocycles. The number of H-pyrrole nitrogens is 1. The van der Waals surface area contributed by atoms with Crippen LogP contribution in [0.4, 0.5) is 0 Å². The molecule has 0 spiro atoms. The summed E-state index contributed by atoms with van der Waals surface area (Å²) in [6.07, 6.45) is 1.57. The predicted molar refractivity (Wildman–Crippen MR) is 40.3 cm³/mol. The molecule has 2 heterocycles. The van der Waals surface area contributed by atoms with Gasteiger partial charge in [0.25, 0.3) is 0 Å². The number of nitrogens with zero attached hydrogens (tertiary/aromatic N) is 4. The predicted octanol–water partition coefficient (Wildman–Crippen LogP) is 0.977. The molecule has 0 amide bonds. The van der Waals surface area contributed by atoms with Crippen LogP contribution in [0.3, 0.4) is 0 Å². The summed E-state index contributed by atoms with van der Waals surface area (Å²) in [5.41, 5.74) is 0.661. The molecule has 0 radical (unpaired) electrons. The molecule has 0 aliphatic rings. The number of hydrogen-bond donors (Lipinski definition) is 1. The molecule has 7 heteroatoms. The van der Waals surface area contributed by atoms with Gasteiger partial charge in [0, 0.05) is 0 Å². The van der Waals surface area contributed by atoms with Crippen molar-refractivity contribution < 1.29 is 0 Å². The fraction of sp³-hybridized carbons (Fsp3) is 0. The molecular formula is C4H2ClN5S. The number of aromatic amines is 1. The summed E-state index contributed by atoms with van der Waals surface area (Å²) in [6.45, 7) is 0. The van der Waals surface area contributed by atoms with Crippen molar-refractivity contribution in [2.24, 2.45) is 0 Å². The molecule has 0 saturated carbocycles. The molecule has 0 aliphatic heterocycles. The molecule has 0 unspecified atom stereocenters. The Morgan fingerprint density at radius 3 is 2.91 bits per heavy atom. The minimum Gasteiger partial charge on any atom is -0.197 e. The standard InChI is InChI=1S/C4H2ClN5S/c5-4-9-8-3(11-4)2-1-6-10-7-2/h1H,(H,6,7,10). The first-order chi connectivity index (χ1) is 5.36. The van der Waals surface area contributed by atoms with Crippen LogP contribution in [0.2, 0.25) is 4.47 Å². The van der Waals surface area contributed by atoms with E-state index in [0.717, 1.165) is 0 Å². The zero-order valence-corrected chi connectivity index (χ0v) is 6.72. The van der Waals surface area contributed by atoms with Gasteiger partial charge in [0.15, 0.2) is 5.01 Å².